The van der Waals surface area contributed by atoms with Gasteiger partial charge in [0.1, 0.15) is 5.60 Å². The van der Waals surface area contributed by atoms with Gasteiger partial charge in [0, 0.05) is 5.92 Å². The summed E-state index contributed by atoms with van der Waals surface area (Å²) in [5, 5.41) is 13.5. The fourth-order valence-electron chi connectivity index (χ4n) is 2.79. The molecule has 5 heteroatoms. The van der Waals surface area contributed by atoms with Crippen LogP contribution < -0.4 is 5.32 Å². The van der Waals surface area contributed by atoms with Crippen molar-refractivity contribution in [3.63, 3.8) is 0 Å². The molecular formula is C23H37NO4. The molecule has 1 amide bonds. The molecule has 0 heterocycles. The Hall–Kier alpha value is -1.85. The first-order chi connectivity index (χ1) is 13.0. The highest BCUT2D eigenvalue weighted by atomic mass is 16.6. The summed E-state index contributed by atoms with van der Waals surface area (Å²) in [6.07, 6.45) is -0.860. The lowest BCUT2D eigenvalue weighted by Crippen LogP contribution is -2.48. The number of benzene rings is 1. The van der Waals surface area contributed by atoms with E-state index in [4.69, 9.17) is 9.47 Å². The zero-order chi connectivity index (χ0) is 21.3. The number of nitrogens with one attached hydrogen (secondary N) is 1. The summed E-state index contributed by atoms with van der Waals surface area (Å²) >= 11 is 0. The molecule has 0 radical (unpaired) electrons. The van der Waals surface area contributed by atoms with E-state index in [1.165, 1.54) is 0 Å². The van der Waals surface area contributed by atoms with E-state index in [1.807, 2.05) is 71.9 Å². The molecule has 0 aliphatic carbocycles. The summed E-state index contributed by atoms with van der Waals surface area (Å²) in [6.45, 7) is 16.6. The summed E-state index contributed by atoms with van der Waals surface area (Å²) in [5.74, 6) is 0.160. The molecule has 3 atom stereocenters. The molecule has 0 fully saturated rings. The number of alkyl carbamates (subject to hydrolysis) is 1. The molecule has 0 bridgehead atoms. The van der Waals surface area contributed by atoms with Crippen LogP contribution in [0.5, 0.6) is 0 Å². The minimum Gasteiger partial charge on any atom is -0.444 e. The van der Waals surface area contributed by atoms with Crippen LogP contribution in [0.1, 0.15) is 53.5 Å². The molecule has 28 heavy (non-hydrogen) atoms. The van der Waals surface area contributed by atoms with Crippen LogP contribution in [0.3, 0.4) is 0 Å². The maximum atomic E-state index is 12.1. The molecule has 0 aromatic heterocycles. The Bertz CT molecular complexity index is 607. The van der Waals surface area contributed by atoms with E-state index in [-0.39, 0.29) is 11.8 Å². The van der Waals surface area contributed by atoms with Gasteiger partial charge in [0.2, 0.25) is 0 Å². The Balaban J connectivity index is 2.50. The van der Waals surface area contributed by atoms with Crippen molar-refractivity contribution in [1.82, 2.24) is 5.32 Å². The second-order valence-electron chi connectivity index (χ2n) is 8.75. The normalized spacial score (nSPS) is 15.0. The lowest BCUT2D eigenvalue weighted by Gasteiger charge is -2.30. The van der Waals surface area contributed by atoms with Crippen molar-refractivity contribution in [3.8, 4) is 0 Å². The van der Waals surface area contributed by atoms with Gasteiger partial charge in [-0.1, -0.05) is 63.3 Å². The quantitative estimate of drug-likeness (QED) is 0.568. The molecule has 0 aliphatic heterocycles. The van der Waals surface area contributed by atoms with E-state index in [2.05, 4.69) is 11.9 Å². The molecule has 1 aromatic rings. The van der Waals surface area contributed by atoms with Crippen LogP contribution in [0.15, 0.2) is 42.5 Å². The van der Waals surface area contributed by atoms with E-state index in [9.17, 15) is 9.90 Å². The van der Waals surface area contributed by atoms with Crippen molar-refractivity contribution in [2.75, 3.05) is 6.61 Å². The van der Waals surface area contributed by atoms with Crippen molar-refractivity contribution in [1.29, 1.82) is 0 Å². The van der Waals surface area contributed by atoms with Gasteiger partial charge in [-0.3, -0.25) is 0 Å². The van der Waals surface area contributed by atoms with E-state index in [1.54, 1.807) is 0 Å². The van der Waals surface area contributed by atoms with Gasteiger partial charge in [-0.05, 0) is 38.7 Å². The lowest BCUT2D eigenvalue weighted by molar-refractivity contribution is 0.0367. The maximum Gasteiger partial charge on any atom is 0.407 e. The molecule has 158 valence electrons. The molecule has 0 saturated carbocycles. The highest BCUT2D eigenvalue weighted by Gasteiger charge is 2.28. The van der Waals surface area contributed by atoms with Gasteiger partial charge in [0.05, 0.1) is 25.4 Å². The number of carbonyl (C=O) groups excluding carboxylic acids is 1. The van der Waals surface area contributed by atoms with Crippen LogP contribution in [-0.4, -0.2) is 35.6 Å². The monoisotopic (exact) mass is 391 g/mol. The van der Waals surface area contributed by atoms with Gasteiger partial charge in [-0.25, -0.2) is 4.79 Å². The third-order valence-corrected chi connectivity index (χ3v) is 4.46. The van der Waals surface area contributed by atoms with Crippen molar-refractivity contribution in [2.45, 2.75) is 72.3 Å². The van der Waals surface area contributed by atoms with Gasteiger partial charge in [-0.2, -0.15) is 0 Å². The molecule has 1 aromatic carbocycles. The first-order valence-corrected chi connectivity index (χ1v) is 9.96. The smallest absolute Gasteiger partial charge is 0.407 e. The van der Waals surface area contributed by atoms with Gasteiger partial charge in [-0.15, -0.1) is 0 Å². The van der Waals surface area contributed by atoms with Gasteiger partial charge in [0.15, 0.2) is 0 Å². The number of ether oxygens (including phenoxy) is 2. The largest absolute Gasteiger partial charge is 0.444 e. The number of hydrogen-bond acceptors (Lipinski definition) is 4. The highest BCUT2D eigenvalue weighted by molar-refractivity contribution is 5.68. The molecule has 0 aliphatic rings. The Morgan fingerprint density at radius 1 is 1.18 bits per heavy atom. The fourth-order valence-corrected chi connectivity index (χ4v) is 2.79. The van der Waals surface area contributed by atoms with Crippen LogP contribution in [-0.2, 0) is 16.1 Å². The minimum atomic E-state index is -0.739. The molecular weight excluding hydrogens is 354 g/mol. The predicted molar refractivity (Wildman–Crippen MR) is 113 cm³/mol. The number of amides is 1. The summed E-state index contributed by atoms with van der Waals surface area (Å²) in [6, 6.07) is 9.59. The lowest BCUT2D eigenvalue weighted by atomic mass is 9.90. The number of carbonyl (C=O) groups is 1. The summed E-state index contributed by atoms with van der Waals surface area (Å²) in [4.78, 5) is 12.1. The molecule has 5 nitrogen and oxygen atoms in total. The topological polar surface area (TPSA) is 67.8 Å². The van der Waals surface area contributed by atoms with E-state index in [0.717, 1.165) is 11.1 Å². The zero-order valence-corrected chi connectivity index (χ0v) is 18.2. The first-order valence-electron chi connectivity index (χ1n) is 9.96. The highest BCUT2D eigenvalue weighted by Crippen LogP contribution is 2.20. The Morgan fingerprint density at radius 2 is 1.79 bits per heavy atom. The van der Waals surface area contributed by atoms with Crippen LogP contribution in [0, 0.1) is 11.8 Å². The summed E-state index contributed by atoms with van der Waals surface area (Å²) in [7, 11) is 0. The van der Waals surface area contributed by atoms with E-state index >= 15 is 0 Å². The van der Waals surface area contributed by atoms with Crippen LogP contribution >= 0.6 is 0 Å². The van der Waals surface area contributed by atoms with E-state index < -0.39 is 23.8 Å². The van der Waals surface area contributed by atoms with Crippen LogP contribution in [0.25, 0.3) is 0 Å². The number of rotatable bonds is 10. The predicted octanol–water partition coefficient (Wildman–Crippen LogP) is 4.70. The second kappa shape index (κ2) is 11.2. The van der Waals surface area contributed by atoms with Crippen LogP contribution in [0.4, 0.5) is 4.79 Å². The molecule has 0 spiro atoms. The molecule has 2 N–H and O–H groups in total. The standard InChI is InChI=1S/C23H37NO4/c1-16(2)21(24-22(26)28-23(5,6)7)20(25)13-17(3)18(4)14-27-15-19-11-9-8-10-12-19/h8-12,16,18,20-21,25H,3,13-15H2,1-2,4-7H3,(H,24,26)/t18-,20-,21-/m0/s1. The third kappa shape index (κ3) is 9.38. The molecule has 0 unspecified atom stereocenters. The fraction of sp³-hybridized carbons (Fsp3) is 0.609. The van der Waals surface area contributed by atoms with E-state index in [0.29, 0.717) is 19.6 Å². The minimum absolute atomic E-state index is 0.0555. The summed E-state index contributed by atoms with van der Waals surface area (Å²) in [5.41, 5.74) is 1.45. The Labute approximate surface area is 170 Å². The molecule has 0 saturated heterocycles. The average molecular weight is 392 g/mol. The summed E-state index contributed by atoms with van der Waals surface area (Å²) < 4.78 is 11.1. The average Bonchev–Trinajstić information content (AvgIpc) is 2.58. The van der Waals surface area contributed by atoms with Gasteiger partial charge >= 0.3 is 6.09 Å². The van der Waals surface area contributed by atoms with Crippen molar-refractivity contribution >= 4 is 6.09 Å². The number of aliphatic hydroxyl groups is 1. The van der Waals surface area contributed by atoms with Gasteiger partial charge < -0.3 is 19.9 Å². The van der Waals surface area contributed by atoms with Crippen molar-refractivity contribution < 1.29 is 19.4 Å². The number of hydrogen-bond donors (Lipinski definition) is 2. The Kier molecular flexibility index (Phi) is 9.70. The SMILES string of the molecule is C=C(C[C@H](O)[C@@H](NC(=O)OC(C)(C)C)C(C)C)[C@@H](C)COCc1ccccc1. The van der Waals surface area contributed by atoms with Crippen molar-refractivity contribution in [3.05, 3.63) is 48.0 Å². The van der Waals surface area contributed by atoms with Crippen molar-refractivity contribution in [2.24, 2.45) is 11.8 Å². The maximum absolute atomic E-state index is 12.1. The van der Waals surface area contributed by atoms with Gasteiger partial charge in [0.25, 0.3) is 0 Å². The second-order valence-corrected chi connectivity index (χ2v) is 8.75. The first kappa shape index (κ1) is 24.2. The third-order valence-electron chi connectivity index (χ3n) is 4.46. The number of aliphatic hydroxyl groups excluding tert-OH is 1. The Morgan fingerprint density at radius 3 is 2.32 bits per heavy atom. The van der Waals surface area contributed by atoms with Crippen LogP contribution in [0.2, 0.25) is 0 Å². The molecule has 1 rings (SSSR count). The zero-order valence-electron chi connectivity index (χ0n) is 18.2.